The summed E-state index contributed by atoms with van der Waals surface area (Å²) < 4.78 is 9.25. The smallest absolute Gasteiger partial charge is 0.337 e. The predicted molar refractivity (Wildman–Crippen MR) is 90.0 cm³/mol. The average molecular weight is 339 g/mol. The van der Waals surface area contributed by atoms with E-state index in [0.717, 1.165) is 0 Å². The Morgan fingerprint density at radius 3 is 2.64 bits per heavy atom. The maximum Gasteiger partial charge on any atom is 0.337 e. The number of ether oxygens (including phenoxy) is 2. The molecule has 0 fully saturated rings. The fourth-order valence-electron chi connectivity index (χ4n) is 2.05. The molecule has 0 aliphatic heterocycles. The molecule has 0 atom stereocenters. The van der Waals surface area contributed by atoms with Gasteiger partial charge in [0, 0.05) is 12.0 Å². The van der Waals surface area contributed by atoms with Crippen LogP contribution in [-0.4, -0.2) is 36.2 Å². The number of aryl methyl sites for hydroxylation is 1. The molecule has 1 aromatic heterocycles. The fraction of sp³-hybridized carbons (Fsp3) is 0.211. The molecule has 6 heteroatoms. The number of rotatable bonds is 4. The molecule has 0 aliphatic carbocycles. The van der Waals surface area contributed by atoms with Crippen molar-refractivity contribution in [2.24, 2.45) is 0 Å². The summed E-state index contributed by atoms with van der Waals surface area (Å²) in [5.74, 6) is 4.97. The Hall–Kier alpha value is -3.33. The highest BCUT2D eigenvalue weighted by molar-refractivity contribution is 5.89. The van der Waals surface area contributed by atoms with Crippen molar-refractivity contribution in [1.82, 2.24) is 4.98 Å². The quantitative estimate of drug-likeness (QED) is 0.678. The van der Waals surface area contributed by atoms with E-state index < -0.39 is 5.97 Å². The third kappa shape index (κ3) is 5.08. The summed E-state index contributed by atoms with van der Waals surface area (Å²) in [6.45, 7) is 0. The molecule has 0 bridgehead atoms. The molecule has 0 unspecified atom stereocenters. The van der Waals surface area contributed by atoms with E-state index in [9.17, 15) is 14.7 Å². The number of nitrogens with zero attached hydrogens (tertiary/aromatic N) is 1. The summed E-state index contributed by atoms with van der Waals surface area (Å²) in [6, 6.07) is 9.79. The van der Waals surface area contributed by atoms with Crippen molar-refractivity contribution in [3.63, 3.8) is 0 Å². The minimum Gasteiger partial charge on any atom is -0.506 e. The van der Waals surface area contributed by atoms with Gasteiger partial charge in [-0.05, 0) is 36.3 Å². The fourth-order valence-corrected chi connectivity index (χ4v) is 2.05. The molecule has 1 N–H and O–H groups in total. The van der Waals surface area contributed by atoms with Gasteiger partial charge >= 0.3 is 11.9 Å². The summed E-state index contributed by atoms with van der Waals surface area (Å²) in [4.78, 5) is 27.0. The number of carbonyl (C=O) groups excluding carboxylic acids is 2. The first kappa shape index (κ1) is 18.0. The van der Waals surface area contributed by atoms with Crippen LogP contribution < -0.4 is 0 Å². The highest BCUT2D eigenvalue weighted by Crippen LogP contribution is 2.16. The normalized spacial score (nSPS) is 9.68. The van der Waals surface area contributed by atoms with Crippen molar-refractivity contribution >= 4 is 11.9 Å². The molecule has 0 amide bonds. The van der Waals surface area contributed by atoms with Gasteiger partial charge in [0.05, 0.1) is 31.9 Å². The molecular formula is C19H17NO5. The van der Waals surface area contributed by atoms with Gasteiger partial charge in [0.1, 0.15) is 11.4 Å². The first-order valence-corrected chi connectivity index (χ1v) is 7.49. The Morgan fingerprint density at radius 2 is 1.92 bits per heavy atom. The van der Waals surface area contributed by atoms with Gasteiger partial charge < -0.3 is 14.6 Å². The number of aromatic nitrogens is 1. The average Bonchev–Trinajstić information content (AvgIpc) is 2.65. The van der Waals surface area contributed by atoms with Crippen molar-refractivity contribution in [3.05, 3.63) is 58.9 Å². The van der Waals surface area contributed by atoms with Crippen molar-refractivity contribution in [2.75, 3.05) is 14.2 Å². The van der Waals surface area contributed by atoms with E-state index in [1.54, 1.807) is 30.3 Å². The Balaban J connectivity index is 2.20. The largest absolute Gasteiger partial charge is 0.506 e. The number of hydrogen-bond donors (Lipinski definition) is 1. The van der Waals surface area contributed by atoms with E-state index in [0.29, 0.717) is 22.5 Å². The second-order valence-corrected chi connectivity index (χ2v) is 5.06. The summed E-state index contributed by atoms with van der Waals surface area (Å²) in [5.41, 5.74) is 1.86. The predicted octanol–water partition coefficient (Wildman–Crippen LogP) is 2.08. The lowest BCUT2D eigenvalue weighted by Crippen LogP contribution is -2.03. The van der Waals surface area contributed by atoms with Crippen LogP contribution in [0.5, 0.6) is 5.75 Å². The van der Waals surface area contributed by atoms with Crippen LogP contribution in [0.3, 0.4) is 0 Å². The summed E-state index contributed by atoms with van der Waals surface area (Å²) >= 11 is 0. The van der Waals surface area contributed by atoms with E-state index in [4.69, 9.17) is 0 Å². The lowest BCUT2D eigenvalue weighted by atomic mass is 10.1. The number of hydrogen-bond acceptors (Lipinski definition) is 6. The van der Waals surface area contributed by atoms with E-state index in [-0.39, 0.29) is 24.6 Å². The molecule has 6 nitrogen and oxygen atoms in total. The minimum atomic E-state index is -0.434. The van der Waals surface area contributed by atoms with Gasteiger partial charge in [-0.1, -0.05) is 12.0 Å². The van der Waals surface area contributed by atoms with E-state index in [2.05, 4.69) is 26.3 Å². The SMILES string of the molecule is COC(=O)CCc1nc(C#Cc2cccc(C(=O)OC)c2)ccc1O. The standard InChI is InChI=1S/C19H17NO5/c1-24-18(22)11-9-16-17(21)10-8-15(20-16)7-6-13-4-3-5-14(12-13)19(23)25-2/h3-5,8,10,12,21H,9,11H2,1-2H3. The molecule has 0 aliphatic rings. The monoisotopic (exact) mass is 339 g/mol. The van der Waals surface area contributed by atoms with Gasteiger partial charge in [-0.15, -0.1) is 0 Å². The first-order valence-electron chi connectivity index (χ1n) is 7.49. The summed E-state index contributed by atoms with van der Waals surface area (Å²) in [6.07, 6.45) is 0.376. The lowest BCUT2D eigenvalue weighted by molar-refractivity contribution is -0.140. The van der Waals surface area contributed by atoms with Crippen molar-refractivity contribution in [2.45, 2.75) is 12.8 Å². The Labute approximate surface area is 145 Å². The molecule has 128 valence electrons. The molecule has 25 heavy (non-hydrogen) atoms. The summed E-state index contributed by atoms with van der Waals surface area (Å²) in [7, 11) is 2.62. The second-order valence-electron chi connectivity index (χ2n) is 5.06. The van der Waals surface area contributed by atoms with Crippen LogP contribution in [0.4, 0.5) is 0 Å². The zero-order valence-electron chi connectivity index (χ0n) is 13.9. The van der Waals surface area contributed by atoms with Crippen molar-refractivity contribution in [1.29, 1.82) is 0 Å². The Bertz CT molecular complexity index is 848. The highest BCUT2D eigenvalue weighted by Gasteiger charge is 2.08. The zero-order chi connectivity index (χ0) is 18.2. The highest BCUT2D eigenvalue weighted by atomic mass is 16.5. The third-order valence-corrected chi connectivity index (χ3v) is 3.36. The third-order valence-electron chi connectivity index (χ3n) is 3.36. The van der Waals surface area contributed by atoms with E-state index in [1.165, 1.54) is 20.3 Å². The topological polar surface area (TPSA) is 85.7 Å². The second kappa shape index (κ2) is 8.50. The summed E-state index contributed by atoms with van der Waals surface area (Å²) in [5, 5.41) is 9.82. The van der Waals surface area contributed by atoms with Crippen molar-refractivity contribution in [3.8, 4) is 17.6 Å². The molecule has 2 aromatic rings. The van der Waals surface area contributed by atoms with Gasteiger partial charge in [-0.25, -0.2) is 9.78 Å². The number of benzene rings is 1. The molecule has 1 aromatic carbocycles. The van der Waals surface area contributed by atoms with Crippen LogP contribution in [0, 0.1) is 11.8 Å². The van der Waals surface area contributed by atoms with Gasteiger partial charge in [-0.3, -0.25) is 4.79 Å². The van der Waals surface area contributed by atoms with Gasteiger partial charge in [-0.2, -0.15) is 0 Å². The molecule has 0 spiro atoms. The van der Waals surface area contributed by atoms with Crippen LogP contribution >= 0.6 is 0 Å². The van der Waals surface area contributed by atoms with Crippen molar-refractivity contribution < 1.29 is 24.2 Å². The Morgan fingerprint density at radius 1 is 1.12 bits per heavy atom. The minimum absolute atomic E-state index is 0.00198. The molecule has 0 saturated carbocycles. The molecule has 0 radical (unpaired) electrons. The number of esters is 2. The molecule has 2 rings (SSSR count). The van der Waals surface area contributed by atoms with Crippen LogP contribution in [0.2, 0.25) is 0 Å². The number of aromatic hydroxyl groups is 1. The number of pyridine rings is 1. The molecule has 1 heterocycles. The zero-order valence-corrected chi connectivity index (χ0v) is 13.9. The van der Waals surface area contributed by atoms with Gasteiger partial charge in [0.15, 0.2) is 0 Å². The first-order chi connectivity index (χ1) is 12.0. The van der Waals surface area contributed by atoms with Gasteiger partial charge in [0.2, 0.25) is 0 Å². The maximum atomic E-state index is 11.5. The molecular weight excluding hydrogens is 322 g/mol. The van der Waals surface area contributed by atoms with Crippen LogP contribution in [0.25, 0.3) is 0 Å². The van der Waals surface area contributed by atoms with E-state index in [1.807, 2.05) is 0 Å². The van der Waals surface area contributed by atoms with Gasteiger partial charge in [0.25, 0.3) is 0 Å². The van der Waals surface area contributed by atoms with Crippen LogP contribution in [0.15, 0.2) is 36.4 Å². The Kier molecular flexibility index (Phi) is 6.13. The van der Waals surface area contributed by atoms with Crippen LogP contribution in [0.1, 0.15) is 33.7 Å². The maximum absolute atomic E-state index is 11.5. The van der Waals surface area contributed by atoms with Crippen LogP contribution in [-0.2, 0) is 20.7 Å². The molecule has 0 saturated heterocycles. The number of carbonyl (C=O) groups is 2. The lowest BCUT2D eigenvalue weighted by Gasteiger charge is -2.03. The number of methoxy groups -OCH3 is 2. The van der Waals surface area contributed by atoms with E-state index >= 15 is 0 Å².